The molecule has 0 aliphatic rings. The minimum atomic E-state index is -0.907. The van der Waals surface area contributed by atoms with Crippen molar-refractivity contribution < 1.29 is 14.7 Å². The van der Waals surface area contributed by atoms with Crippen molar-refractivity contribution in [2.45, 2.75) is 6.42 Å². The van der Waals surface area contributed by atoms with Gasteiger partial charge in [0.2, 0.25) is 0 Å². The summed E-state index contributed by atoms with van der Waals surface area (Å²) in [6, 6.07) is 10.5. The first kappa shape index (κ1) is 11.1. The molecule has 4 nitrogen and oxygen atoms in total. The van der Waals surface area contributed by atoms with Gasteiger partial charge in [0.05, 0.1) is 6.42 Å². The van der Waals surface area contributed by atoms with E-state index in [-0.39, 0.29) is 12.3 Å². The van der Waals surface area contributed by atoms with Crippen molar-refractivity contribution in [3.05, 3.63) is 59.9 Å². The molecular formula is C13H11NO3. The summed E-state index contributed by atoms with van der Waals surface area (Å²) in [6.07, 6.45) is 3.05. The molecule has 0 radical (unpaired) electrons. The van der Waals surface area contributed by atoms with Crippen LogP contribution in [0.4, 0.5) is 0 Å². The number of aromatic nitrogens is 1. The topological polar surface area (TPSA) is 59.3 Å². The molecule has 0 saturated heterocycles. The Labute approximate surface area is 98.1 Å². The van der Waals surface area contributed by atoms with Gasteiger partial charge in [0.15, 0.2) is 0 Å². The highest BCUT2D eigenvalue weighted by molar-refractivity contribution is 5.96. The number of rotatable bonds is 3. The molecule has 0 fully saturated rings. The Morgan fingerprint density at radius 3 is 2.47 bits per heavy atom. The highest BCUT2D eigenvalue weighted by atomic mass is 16.4. The summed E-state index contributed by atoms with van der Waals surface area (Å²) in [4.78, 5) is 22.5. The fraction of sp³-hybridized carbons (Fsp3) is 0.0769. The fourth-order valence-corrected chi connectivity index (χ4v) is 1.58. The predicted molar refractivity (Wildman–Crippen MR) is 61.9 cm³/mol. The van der Waals surface area contributed by atoms with Gasteiger partial charge in [0.1, 0.15) is 0 Å². The number of carbonyl (C=O) groups excluding carboxylic acids is 1. The third-order valence-electron chi connectivity index (χ3n) is 2.36. The Kier molecular flexibility index (Phi) is 3.05. The second kappa shape index (κ2) is 4.65. The van der Waals surface area contributed by atoms with Gasteiger partial charge in [0.25, 0.3) is 5.91 Å². The monoisotopic (exact) mass is 229 g/mol. The van der Waals surface area contributed by atoms with Crippen LogP contribution in [-0.2, 0) is 11.2 Å². The van der Waals surface area contributed by atoms with Crippen molar-refractivity contribution in [1.29, 1.82) is 0 Å². The molecule has 0 atom stereocenters. The van der Waals surface area contributed by atoms with Gasteiger partial charge < -0.3 is 5.11 Å². The molecule has 0 bridgehead atoms. The molecule has 1 N–H and O–H groups in total. The number of carboxylic acids is 1. The lowest BCUT2D eigenvalue weighted by Crippen LogP contribution is -2.09. The van der Waals surface area contributed by atoms with Crippen LogP contribution >= 0.6 is 0 Å². The maximum absolute atomic E-state index is 12.0. The smallest absolute Gasteiger partial charge is 0.307 e. The lowest BCUT2D eigenvalue weighted by atomic mass is 10.2. The Hall–Kier alpha value is -2.36. The molecule has 2 aromatic rings. The van der Waals surface area contributed by atoms with Gasteiger partial charge in [-0.25, -0.2) is 0 Å². The van der Waals surface area contributed by atoms with Crippen molar-refractivity contribution in [2.24, 2.45) is 0 Å². The third kappa shape index (κ3) is 2.60. The molecule has 4 heteroatoms. The van der Waals surface area contributed by atoms with E-state index in [1.54, 1.807) is 42.7 Å². The molecule has 1 aromatic heterocycles. The number of carboxylic acid groups (broad SMARTS) is 1. The molecule has 1 aromatic carbocycles. The Balaban J connectivity index is 2.21. The number of aliphatic carboxylic acids is 1. The summed E-state index contributed by atoms with van der Waals surface area (Å²) in [5, 5.41) is 8.64. The van der Waals surface area contributed by atoms with Crippen LogP contribution in [0.3, 0.4) is 0 Å². The Morgan fingerprint density at radius 1 is 1.12 bits per heavy atom. The van der Waals surface area contributed by atoms with Crippen LogP contribution in [0.1, 0.15) is 15.9 Å². The first-order valence-electron chi connectivity index (χ1n) is 5.15. The first-order valence-corrected chi connectivity index (χ1v) is 5.15. The summed E-state index contributed by atoms with van der Waals surface area (Å²) < 4.78 is 1.40. The van der Waals surface area contributed by atoms with Gasteiger partial charge in [-0.15, -0.1) is 0 Å². The zero-order chi connectivity index (χ0) is 12.3. The number of carbonyl (C=O) groups is 2. The Morgan fingerprint density at radius 2 is 1.82 bits per heavy atom. The minimum Gasteiger partial charge on any atom is -0.481 e. The van der Waals surface area contributed by atoms with E-state index in [1.165, 1.54) is 4.57 Å². The SMILES string of the molecule is O=C(O)Cc1ccn(C(=O)c2ccccc2)c1. The van der Waals surface area contributed by atoms with E-state index in [0.717, 1.165) is 0 Å². The molecule has 0 aliphatic carbocycles. The maximum Gasteiger partial charge on any atom is 0.307 e. The van der Waals surface area contributed by atoms with Gasteiger partial charge in [0, 0.05) is 18.0 Å². The molecular weight excluding hydrogens is 218 g/mol. The van der Waals surface area contributed by atoms with E-state index in [0.29, 0.717) is 11.1 Å². The van der Waals surface area contributed by atoms with Gasteiger partial charge in [-0.05, 0) is 23.8 Å². The average Bonchev–Trinajstić information content (AvgIpc) is 2.77. The van der Waals surface area contributed by atoms with Crippen molar-refractivity contribution in [3.63, 3.8) is 0 Å². The number of benzene rings is 1. The Bertz CT molecular complexity index is 543. The highest BCUT2D eigenvalue weighted by Gasteiger charge is 2.09. The molecule has 0 unspecified atom stereocenters. The molecule has 1 heterocycles. The van der Waals surface area contributed by atoms with Crippen LogP contribution in [0.15, 0.2) is 48.8 Å². The molecule has 17 heavy (non-hydrogen) atoms. The summed E-state index contributed by atoms with van der Waals surface area (Å²) in [5.74, 6) is -1.07. The van der Waals surface area contributed by atoms with Crippen molar-refractivity contribution in [2.75, 3.05) is 0 Å². The van der Waals surface area contributed by atoms with Crippen LogP contribution < -0.4 is 0 Å². The second-order valence-corrected chi connectivity index (χ2v) is 3.67. The average molecular weight is 229 g/mol. The molecule has 0 spiro atoms. The predicted octanol–water partition coefficient (Wildman–Crippen LogP) is 1.80. The van der Waals surface area contributed by atoms with Crippen molar-refractivity contribution in [3.8, 4) is 0 Å². The molecule has 86 valence electrons. The lowest BCUT2D eigenvalue weighted by molar-refractivity contribution is -0.136. The van der Waals surface area contributed by atoms with Gasteiger partial charge >= 0.3 is 5.97 Å². The van der Waals surface area contributed by atoms with E-state index < -0.39 is 5.97 Å². The largest absolute Gasteiger partial charge is 0.481 e. The zero-order valence-corrected chi connectivity index (χ0v) is 9.04. The number of hydrogen-bond donors (Lipinski definition) is 1. The quantitative estimate of drug-likeness (QED) is 0.873. The minimum absolute atomic E-state index is 0.0743. The van der Waals surface area contributed by atoms with E-state index >= 15 is 0 Å². The van der Waals surface area contributed by atoms with Gasteiger partial charge in [-0.3, -0.25) is 14.2 Å². The van der Waals surface area contributed by atoms with Gasteiger partial charge in [-0.1, -0.05) is 18.2 Å². The van der Waals surface area contributed by atoms with Crippen LogP contribution in [-0.4, -0.2) is 21.6 Å². The molecule has 0 amide bonds. The number of nitrogens with zero attached hydrogens (tertiary/aromatic N) is 1. The maximum atomic E-state index is 12.0. The van der Waals surface area contributed by atoms with Crippen molar-refractivity contribution in [1.82, 2.24) is 4.57 Å². The third-order valence-corrected chi connectivity index (χ3v) is 2.36. The van der Waals surface area contributed by atoms with E-state index in [1.807, 2.05) is 6.07 Å². The summed E-state index contributed by atoms with van der Waals surface area (Å²) in [5.41, 5.74) is 1.19. The normalized spacial score (nSPS) is 10.1. The van der Waals surface area contributed by atoms with Crippen LogP contribution in [0.25, 0.3) is 0 Å². The molecule has 0 saturated carbocycles. The van der Waals surface area contributed by atoms with E-state index in [9.17, 15) is 9.59 Å². The summed E-state index contributed by atoms with van der Waals surface area (Å²) in [7, 11) is 0. The van der Waals surface area contributed by atoms with E-state index in [4.69, 9.17) is 5.11 Å². The van der Waals surface area contributed by atoms with Gasteiger partial charge in [-0.2, -0.15) is 0 Å². The van der Waals surface area contributed by atoms with Crippen LogP contribution in [0.2, 0.25) is 0 Å². The summed E-state index contributed by atoms with van der Waals surface area (Å²) in [6.45, 7) is 0. The molecule has 0 aliphatic heterocycles. The van der Waals surface area contributed by atoms with Crippen molar-refractivity contribution >= 4 is 11.9 Å². The lowest BCUT2D eigenvalue weighted by Gasteiger charge is -2.00. The zero-order valence-electron chi connectivity index (χ0n) is 9.04. The second-order valence-electron chi connectivity index (χ2n) is 3.67. The van der Waals surface area contributed by atoms with E-state index in [2.05, 4.69) is 0 Å². The first-order chi connectivity index (χ1) is 8.16. The summed E-state index contributed by atoms with van der Waals surface area (Å²) >= 11 is 0. The highest BCUT2D eigenvalue weighted by Crippen LogP contribution is 2.07. The standard InChI is InChI=1S/C13H11NO3/c15-12(16)8-10-6-7-14(9-10)13(17)11-4-2-1-3-5-11/h1-7,9H,8H2,(H,15,16). The van der Waals surface area contributed by atoms with Crippen LogP contribution in [0.5, 0.6) is 0 Å². The molecule has 2 rings (SSSR count). The fourth-order valence-electron chi connectivity index (χ4n) is 1.58. The van der Waals surface area contributed by atoms with Crippen LogP contribution in [0, 0.1) is 0 Å². The number of hydrogen-bond acceptors (Lipinski definition) is 2.